The van der Waals surface area contributed by atoms with Crippen molar-refractivity contribution in [3.63, 3.8) is 0 Å². The highest BCUT2D eigenvalue weighted by Gasteiger charge is 2.14. The number of aromatic nitrogens is 2. The number of nitrogens with one attached hydrogen (secondary N) is 1. The fourth-order valence-electron chi connectivity index (χ4n) is 2.47. The first-order chi connectivity index (χ1) is 11.2. The van der Waals surface area contributed by atoms with Gasteiger partial charge in [0.1, 0.15) is 5.56 Å². The predicted octanol–water partition coefficient (Wildman–Crippen LogP) is 1.99. The van der Waals surface area contributed by atoms with Crippen LogP contribution in [0.2, 0.25) is 0 Å². The number of rotatable bonds is 5. The molecule has 0 atom stereocenters. The highest BCUT2D eigenvalue weighted by atomic mass is 35.5. The average molecular weight is 370 g/mol. The summed E-state index contributed by atoms with van der Waals surface area (Å²) in [6, 6.07) is 9.05. The maximum atomic E-state index is 12.2. The van der Waals surface area contributed by atoms with E-state index in [4.69, 9.17) is 4.74 Å². The smallest absolute Gasteiger partial charge is 0.263 e. The Bertz CT molecular complexity index is 705. The zero-order valence-electron chi connectivity index (χ0n) is 13.1. The lowest BCUT2D eigenvalue weighted by Gasteiger charge is -2.26. The predicted molar refractivity (Wildman–Crippen MR) is 97.2 cm³/mol. The molecule has 1 aromatic carbocycles. The van der Waals surface area contributed by atoms with Crippen molar-refractivity contribution in [1.82, 2.24) is 14.9 Å². The summed E-state index contributed by atoms with van der Waals surface area (Å²) < 4.78 is 5.31. The van der Waals surface area contributed by atoms with E-state index in [1.807, 2.05) is 18.2 Å². The summed E-state index contributed by atoms with van der Waals surface area (Å²) in [5, 5.41) is 10.5. The van der Waals surface area contributed by atoms with Gasteiger partial charge in [-0.15, -0.1) is 12.4 Å². The lowest BCUT2D eigenvalue weighted by molar-refractivity contribution is 0.0410. The van der Waals surface area contributed by atoms with Gasteiger partial charge in [0, 0.05) is 25.4 Å². The molecule has 2 heterocycles. The Balaban J connectivity index is 0.00000208. The van der Waals surface area contributed by atoms with Crippen LogP contribution in [0.5, 0.6) is 5.88 Å². The zero-order chi connectivity index (χ0) is 16.1. The van der Waals surface area contributed by atoms with Gasteiger partial charge >= 0.3 is 0 Å². The summed E-state index contributed by atoms with van der Waals surface area (Å²) in [5.41, 5.74) is 0.546. The molecule has 1 aliphatic heterocycles. The third-order valence-corrected chi connectivity index (χ3v) is 4.54. The molecule has 2 N–H and O–H groups in total. The van der Waals surface area contributed by atoms with E-state index < -0.39 is 0 Å². The molecule has 1 aliphatic rings. The van der Waals surface area contributed by atoms with Gasteiger partial charge in [-0.3, -0.25) is 9.69 Å². The standard InChI is InChI=1S/C16H19N3O3S.ClH/c20-14-13(12-4-2-1-3-5-12)15(21)18-16(17-14)23-11-8-19-6-9-22-10-7-19;/h1-5H,6-11H2,(H2,17,18,20,21);1H. The van der Waals surface area contributed by atoms with Crippen LogP contribution in [-0.2, 0) is 4.74 Å². The van der Waals surface area contributed by atoms with Gasteiger partial charge in [-0.1, -0.05) is 42.1 Å². The average Bonchev–Trinajstić information content (AvgIpc) is 2.56. The minimum atomic E-state index is -0.322. The maximum Gasteiger partial charge on any atom is 0.263 e. The van der Waals surface area contributed by atoms with Crippen LogP contribution in [0, 0.1) is 0 Å². The van der Waals surface area contributed by atoms with Crippen molar-refractivity contribution in [2.45, 2.75) is 5.16 Å². The Labute approximate surface area is 150 Å². The monoisotopic (exact) mass is 369 g/mol. The number of ether oxygens (including phenoxy) is 1. The number of hydrogen-bond acceptors (Lipinski definition) is 6. The molecule has 0 spiro atoms. The van der Waals surface area contributed by atoms with E-state index in [0.717, 1.165) is 38.6 Å². The molecule has 0 aliphatic carbocycles. The number of nitrogens with zero attached hydrogens (tertiary/aromatic N) is 2. The number of H-pyrrole nitrogens is 1. The summed E-state index contributed by atoms with van der Waals surface area (Å²) in [5.74, 6) is 0.571. The van der Waals surface area contributed by atoms with E-state index >= 15 is 0 Å². The lowest BCUT2D eigenvalue weighted by atomic mass is 10.1. The van der Waals surface area contributed by atoms with Gasteiger partial charge in [-0.05, 0) is 5.56 Å². The molecule has 6 nitrogen and oxygen atoms in total. The first kappa shape index (κ1) is 18.8. The van der Waals surface area contributed by atoms with Crippen molar-refractivity contribution in [3.8, 4) is 17.0 Å². The summed E-state index contributed by atoms with van der Waals surface area (Å²) in [6.45, 7) is 4.31. The number of aromatic amines is 1. The Kier molecular flexibility index (Phi) is 7.11. The van der Waals surface area contributed by atoms with Crippen molar-refractivity contribution >= 4 is 24.2 Å². The molecule has 24 heavy (non-hydrogen) atoms. The summed E-state index contributed by atoms with van der Waals surface area (Å²) in [6.07, 6.45) is 0. The van der Waals surface area contributed by atoms with E-state index in [1.165, 1.54) is 11.8 Å². The highest BCUT2D eigenvalue weighted by Crippen LogP contribution is 2.25. The molecule has 8 heteroatoms. The summed E-state index contributed by atoms with van der Waals surface area (Å²) in [7, 11) is 0. The summed E-state index contributed by atoms with van der Waals surface area (Å²) in [4.78, 5) is 21.4. The van der Waals surface area contributed by atoms with E-state index in [9.17, 15) is 9.90 Å². The third-order valence-electron chi connectivity index (χ3n) is 3.69. The Morgan fingerprint density at radius 1 is 1.25 bits per heavy atom. The molecular weight excluding hydrogens is 350 g/mol. The largest absolute Gasteiger partial charge is 0.493 e. The molecule has 2 aromatic rings. The molecular formula is C16H20ClN3O3S. The zero-order valence-corrected chi connectivity index (χ0v) is 14.7. The number of benzene rings is 1. The normalized spacial score (nSPS) is 15.0. The number of hydrogen-bond donors (Lipinski definition) is 2. The molecule has 0 saturated carbocycles. The topological polar surface area (TPSA) is 78.5 Å². The molecule has 1 fully saturated rings. The SMILES string of the molecule is Cl.O=c1[nH]c(SCCN2CCOCC2)nc(O)c1-c1ccccc1. The first-order valence-corrected chi connectivity index (χ1v) is 8.54. The van der Waals surface area contributed by atoms with Gasteiger partial charge in [0.15, 0.2) is 5.16 Å². The fourth-order valence-corrected chi connectivity index (χ4v) is 3.33. The van der Waals surface area contributed by atoms with Crippen LogP contribution in [0.3, 0.4) is 0 Å². The first-order valence-electron chi connectivity index (χ1n) is 7.55. The van der Waals surface area contributed by atoms with Crippen LogP contribution < -0.4 is 5.56 Å². The quantitative estimate of drug-likeness (QED) is 0.620. The van der Waals surface area contributed by atoms with Gasteiger partial charge in [0.05, 0.1) is 13.2 Å². The van der Waals surface area contributed by atoms with Crippen LogP contribution in [0.25, 0.3) is 11.1 Å². The van der Waals surface area contributed by atoms with Crippen LogP contribution in [0.15, 0.2) is 40.3 Å². The molecule has 1 aromatic heterocycles. The number of halogens is 1. The van der Waals surface area contributed by atoms with E-state index in [-0.39, 0.29) is 29.4 Å². The van der Waals surface area contributed by atoms with Crippen molar-refractivity contribution in [2.24, 2.45) is 0 Å². The molecule has 0 amide bonds. The molecule has 1 saturated heterocycles. The van der Waals surface area contributed by atoms with Gasteiger partial charge in [-0.25, -0.2) is 0 Å². The number of thioether (sulfide) groups is 1. The van der Waals surface area contributed by atoms with Crippen LogP contribution >= 0.6 is 24.2 Å². The Morgan fingerprint density at radius 2 is 1.96 bits per heavy atom. The van der Waals surface area contributed by atoms with Gasteiger partial charge in [0.2, 0.25) is 5.88 Å². The van der Waals surface area contributed by atoms with Crippen LogP contribution in [0.1, 0.15) is 0 Å². The molecule has 0 unspecified atom stereocenters. The maximum absolute atomic E-state index is 12.2. The highest BCUT2D eigenvalue weighted by molar-refractivity contribution is 7.99. The number of aromatic hydroxyl groups is 1. The number of morpholine rings is 1. The van der Waals surface area contributed by atoms with Crippen molar-refractivity contribution in [3.05, 3.63) is 40.7 Å². The van der Waals surface area contributed by atoms with Crippen LogP contribution in [-0.4, -0.2) is 58.6 Å². The lowest BCUT2D eigenvalue weighted by Crippen LogP contribution is -2.37. The van der Waals surface area contributed by atoms with E-state index in [2.05, 4.69) is 14.9 Å². The van der Waals surface area contributed by atoms with E-state index in [0.29, 0.717) is 10.7 Å². The Hall–Kier alpha value is -1.54. The third kappa shape index (κ3) is 4.73. The van der Waals surface area contributed by atoms with Crippen LogP contribution in [0.4, 0.5) is 0 Å². The summed E-state index contributed by atoms with van der Waals surface area (Å²) >= 11 is 1.44. The van der Waals surface area contributed by atoms with E-state index in [1.54, 1.807) is 12.1 Å². The molecule has 130 valence electrons. The minimum Gasteiger partial charge on any atom is -0.493 e. The van der Waals surface area contributed by atoms with Gasteiger partial charge in [0.25, 0.3) is 5.56 Å². The second-order valence-corrected chi connectivity index (χ2v) is 6.32. The second-order valence-electron chi connectivity index (χ2n) is 5.24. The fraction of sp³-hybridized carbons (Fsp3) is 0.375. The van der Waals surface area contributed by atoms with Gasteiger partial charge < -0.3 is 14.8 Å². The van der Waals surface area contributed by atoms with Crippen molar-refractivity contribution in [2.75, 3.05) is 38.6 Å². The molecule has 3 rings (SSSR count). The molecule has 0 bridgehead atoms. The van der Waals surface area contributed by atoms with Crippen molar-refractivity contribution in [1.29, 1.82) is 0 Å². The Morgan fingerprint density at radius 3 is 2.62 bits per heavy atom. The molecule has 0 radical (unpaired) electrons. The minimum absolute atomic E-state index is 0. The van der Waals surface area contributed by atoms with Crippen molar-refractivity contribution < 1.29 is 9.84 Å². The van der Waals surface area contributed by atoms with Gasteiger partial charge in [-0.2, -0.15) is 4.98 Å². The second kappa shape index (κ2) is 9.08.